The molecule has 0 unspecified atom stereocenters. The highest BCUT2D eigenvalue weighted by Gasteiger charge is 2.28. The summed E-state index contributed by atoms with van der Waals surface area (Å²) >= 11 is 0. The SMILES string of the molecule is CC.O=C(O)c1cn(C2CC2)c2cc(N3CCN(Cc4cccc5c4CCCC5)CC3)c(F)cc2c1=O. The minimum atomic E-state index is -1.27. The van der Waals surface area contributed by atoms with Crippen LogP contribution in [0.2, 0.25) is 0 Å². The van der Waals surface area contributed by atoms with E-state index in [4.69, 9.17) is 0 Å². The molecule has 37 heavy (non-hydrogen) atoms. The number of carboxylic acids is 1. The van der Waals surface area contributed by atoms with Crippen molar-refractivity contribution in [2.75, 3.05) is 31.1 Å². The molecule has 3 aliphatic rings. The number of carboxylic acid groups (broad SMARTS) is 1. The Morgan fingerprint density at radius 3 is 2.49 bits per heavy atom. The summed E-state index contributed by atoms with van der Waals surface area (Å²) in [7, 11) is 0. The van der Waals surface area contributed by atoms with Crippen LogP contribution in [0, 0.1) is 5.82 Å². The Morgan fingerprint density at radius 2 is 1.78 bits per heavy atom. The number of nitrogens with zero attached hydrogens (tertiary/aromatic N) is 3. The number of pyridine rings is 1. The van der Waals surface area contributed by atoms with Gasteiger partial charge in [-0.1, -0.05) is 32.0 Å². The number of rotatable bonds is 5. The standard InChI is InChI=1S/C28H30FN3O3.C2H6/c29-24-14-22-25(32(20-8-9-20)17-23(27(22)33)28(34)35)15-26(24)31-12-10-30(11-13-31)16-19-6-3-5-18-4-1-2-7-21(18)19;1-2/h3,5-6,14-15,17,20H,1-2,4,7-13,16H2,(H,34,35);1-2H3. The van der Waals surface area contributed by atoms with Gasteiger partial charge in [0.25, 0.3) is 0 Å². The molecular weight excluding hydrogens is 469 g/mol. The molecule has 1 saturated carbocycles. The molecule has 0 spiro atoms. The first-order valence-electron chi connectivity index (χ1n) is 13.7. The Kier molecular flexibility index (Phi) is 7.33. The lowest BCUT2D eigenvalue weighted by atomic mass is 9.88. The third kappa shape index (κ3) is 5.01. The van der Waals surface area contributed by atoms with Gasteiger partial charge in [-0.25, -0.2) is 9.18 Å². The average Bonchev–Trinajstić information content (AvgIpc) is 3.76. The topological polar surface area (TPSA) is 65.8 Å². The van der Waals surface area contributed by atoms with Gasteiger partial charge in [0.15, 0.2) is 0 Å². The van der Waals surface area contributed by atoms with Crippen molar-refractivity contribution in [2.24, 2.45) is 0 Å². The highest BCUT2D eigenvalue weighted by Crippen LogP contribution is 2.38. The van der Waals surface area contributed by atoms with Crippen molar-refractivity contribution in [3.05, 3.63) is 74.8 Å². The fourth-order valence-electron chi connectivity index (χ4n) is 5.80. The lowest BCUT2D eigenvalue weighted by Gasteiger charge is -2.37. The molecule has 2 aromatic carbocycles. The molecule has 0 amide bonds. The smallest absolute Gasteiger partial charge is 0.341 e. The van der Waals surface area contributed by atoms with Crippen LogP contribution in [-0.2, 0) is 19.4 Å². The van der Waals surface area contributed by atoms with Crippen molar-refractivity contribution in [3.63, 3.8) is 0 Å². The van der Waals surface area contributed by atoms with Gasteiger partial charge in [-0.2, -0.15) is 0 Å². The Morgan fingerprint density at radius 1 is 1.05 bits per heavy atom. The van der Waals surface area contributed by atoms with E-state index in [2.05, 4.69) is 28.0 Å². The van der Waals surface area contributed by atoms with E-state index < -0.39 is 17.2 Å². The van der Waals surface area contributed by atoms with Crippen molar-refractivity contribution in [1.82, 2.24) is 9.47 Å². The minimum absolute atomic E-state index is 0.144. The summed E-state index contributed by atoms with van der Waals surface area (Å²) in [4.78, 5) is 28.8. The fourth-order valence-corrected chi connectivity index (χ4v) is 5.80. The Balaban J connectivity index is 0.00000137. The van der Waals surface area contributed by atoms with Crippen LogP contribution in [0.5, 0.6) is 0 Å². The van der Waals surface area contributed by atoms with E-state index in [1.165, 1.54) is 54.6 Å². The van der Waals surface area contributed by atoms with Crippen molar-refractivity contribution < 1.29 is 14.3 Å². The average molecular weight is 506 g/mol. The number of piperazine rings is 1. The zero-order valence-corrected chi connectivity index (χ0v) is 21.8. The Hall–Kier alpha value is -3.19. The van der Waals surface area contributed by atoms with Crippen molar-refractivity contribution in [1.29, 1.82) is 0 Å². The first kappa shape index (κ1) is 25.5. The zero-order chi connectivity index (χ0) is 26.1. The largest absolute Gasteiger partial charge is 0.477 e. The molecule has 1 saturated heterocycles. The molecule has 0 bridgehead atoms. The molecule has 1 aliphatic heterocycles. The molecule has 1 N–H and O–H groups in total. The van der Waals surface area contributed by atoms with Gasteiger partial charge in [0.05, 0.1) is 11.2 Å². The van der Waals surface area contributed by atoms with Gasteiger partial charge in [-0.15, -0.1) is 0 Å². The van der Waals surface area contributed by atoms with Gasteiger partial charge >= 0.3 is 5.97 Å². The first-order chi connectivity index (χ1) is 18.0. The van der Waals surface area contributed by atoms with Gasteiger partial charge < -0.3 is 14.6 Å². The molecule has 2 fully saturated rings. The molecule has 6 rings (SSSR count). The van der Waals surface area contributed by atoms with Gasteiger partial charge in [-0.05, 0) is 67.3 Å². The fraction of sp³-hybridized carbons (Fsp3) is 0.467. The molecule has 0 radical (unpaired) electrons. The molecule has 0 atom stereocenters. The maximum Gasteiger partial charge on any atom is 0.341 e. The van der Waals surface area contributed by atoms with Crippen LogP contribution in [0.15, 0.2) is 41.3 Å². The van der Waals surface area contributed by atoms with E-state index >= 15 is 4.39 Å². The molecule has 7 heteroatoms. The first-order valence-corrected chi connectivity index (χ1v) is 13.7. The van der Waals surface area contributed by atoms with Crippen molar-refractivity contribution in [2.45, 2.75) is 65.0 Å². The third-order valence-corrected chi connectivity index (χ3v) is 7.87. The second-order valence-electron chi connectivity index (χ2n) is 10.2. The van der Waals surface area contributed by atoms with Crippen LogP contribution in [-0.4, -0.2) is 46.7 Å². The van der Waals surface area contributed by atoms with Crippen LogP contribution >= 0.6 is 0 Å². The number of halogens is 1. The number of aryl methyl sites for hydroxylation is 1. The molecule has 196 valence electrons. The van der Waals surface area contributed by atoms with E-state index in [0.29, 0.717) is 24.3 Å². The van der Waals surface area contributed by atoms with Crippen LogP contribution in [0.3, 0.4) is 0 Å². The third-order valence-electron chi connectivity index (χ3n) is 7.87. The van der Waals surface area contributed by atoms with E-state index in [1.807, 2.05) is 18.4 Å². The van der Waals surface area contributed by atoms with E-state index in [9.17, 15) is 14.7 Å². The number of hydrogen-bond donors (Lipinski definition) is 1. The second kappa shape index (κ2) is 10.7. The van der Waals surface area contributed by atoms with E-state index in [-0.39, 0.29) is 17.0 Å². The normalized spacial score (nSPS) is 17.8. The van der Waals surface area contributed by atoms with E-state index in [0.717, 1.165) is 32.5 Å². The maximum absolute atomic E-state index is 15.2. The van der Waals surface area contributed by atoms with Crippen LogP contribution < -0.4 is 10.3 Å². The number of benzene rings is 2. The highest BCUT2D eigenvalue weighted by atomic mass is 19.1. The van der Waals surface area contributed by atoms with Gasteiger partial charge in [-0.3, -0.25) is 9.69 Å². The Bertz CT molecular complexity index is 1370. The predicted octanol–water partition coefficient (Wildman–Crippen LogP) is 5.40. The molecule has 2 heterocycles. The van der Waals surface area contributed by atoms with Crippen LogP contribution in [0.25, 0.3) is 10.9 Å². The molecular formula is C30H36FN3O3. The van der Waals surface area contributed by atoms with Crippen molar-refractivity contribution in [3.8, 4) is 0 Å². The monoisotopic (exact) mass is 505 g/mol. The highest BCUT2D eigenvalue weighted by molar-refractivity contribution is 5.93. The molecule has 3 aromatic rings. The Labute approximate surface area is 217 Å². The maximum atomic E-state index is 15.2. The minimum Gasteiger partial charge on any atom is -0.477 e. The molecule has 6 nitrogen and oxygen atoms in total. The quantitative estimate of drug-likeness (QED) is 0.503. The zero-order valence-electron chi connectivity index (χ0n) is 21.8. The summed E-state index contributed by atoms with van der Waals surface area (Å²) < 4.78 is 17.1. The van der Waals surface area contributed by atoms with E-state index in [1.54, 1.807) is 6.07 Å². The summed E-state index contributed by atoms with van der Waals surface area (Å²) in [5, 5.41) is 9.60. The number of aromatic carboxylic acids is 1. The summed E-state index contributed by atoms with van der Waals surface area (Å²) in [5.74, 6) is -1.74. The van der Waals surface area contributed by atoms with Gasteiger partial charge in [0.1, 0.15) is 11.4 Å². The molecule has 1 aromatic heterocycles. The summed E-state index contributed by atoms with van der Waals surface area (Å²) in [6.45, 7) is 8.02. The van der Waals surface area contributed by atoms with Crippen LogP contribution in [0.1, 0.15) is 72.6 Å². The number of anilines is 1. The number of hydrogen-bond acceptors (Lipinski definition) is 4. The number of carbonyl (C=O) groups is 1. The van der Waals surface area contributed by atoms with Gasteiger partial charge in [0, 0.05) is 50.3 Å². The number of aromatic nitrogens is 1. The molecule has 2 aliphatic carbocycles. The van der Waals surface area contributed by atoms with Crippen LogP contribution in [0.4, 0.5) is 10.1 Å². The summed E-state index contributed by atoms with van der Waals surface area (Å²) in [5.41, 5.74) is 4.65. The van der Waals surface area contributed by atoms with Gasteiger partial charge in [0.2, 0.25) is 5.43 Å². The predicted molar refractivity (Wildman–Crippen MR) is 145 cm³/mol. The van der Waals surface area contributed by atoms with Crippen molar-refractivity contribution >= 4 is 22.6 Å². The lowest BCUT2D eigenvalue weighted by molar-refractivity contribution is 0.0695. The summed E-state index contributed by atoms with van der Waals surface area (Å²) in [6.07, 6.45) is 8.19. The summed E-state index contributed by atoms with van der Waals surface area (Å²) in [6, 6.07) is 9.85. The second-order valence-corrected chi connectivity index (χ2v) is 10.2. The lowest BCUT2D eigenvalue weighted by Crippen LogP contribution is -2.46. The number of fused-ring (bicyclic) bond motifs is 2.